The molecule has 1 aromatic carbocycles. The first kappa shape index (κ1) is 19.3. The number of aryl methyl sites for hydroxylation is 2. The van der Waals surface area contributed by atoms with Crippen LogP contribution >= 0.6 is 0 Å². The van der Waals surface area contributed by atoms with Crippen molar-refractivity contribution in [3.8, 4) is 0 Å². The maximum atomic E-state index is 13.3. The van der Waals surface area contributed by atoms with Crippen molar-refractivity contribution < 1.29 is 9.18 Å². The van der Waals surface area contributed by atoms with Crippen LogP contribution in [0.4, 0.5) is 4.39 Å². The van der Waals surface area contributed by atoms with Crippen molar-refractivity contribution in [2.45, 2.75) is 44.7 Å². The topological polar surface area (TPSA) is 81.8 Å². The van der Waals surface area contributed by atoms with E-state index in [9.17, 15) is 14.0 Å². The first-order valence-electron chi connectivity index (χ1n) is 9.95. The molecule has 1 atom stereocenters. The Hall–Kier alpha value is -3.03. The number of amides is 1. The van der Waals surface area contributed by atoms with Crippen molar-refractivity contribution >= 4 is 16.9 Å². The van der Waals surface area contributed by atoms with E-state index in [0.717, 1.165) is 31.2 Å². The van der Waals surface area contributed by atoms with Gasteiger partial charge in [-0.3, -0.25) is 18.8 Å². The Kier molecular flexibility index (Phi) is 5.42. The molecule has 1 aliphatic rings. The average Bonchev–Trinajstić information content (AvgIpc) is 3.37. The zero-order valence-corrected chi connectivity index (χ0v) is 16.3. The molecule has 1 aliphatic carbocycles. The summed E-state index contributed by atoms with van der Waals surface area (Å²) < 4.78 is 16.3. The van der Waals surface area contributed by atoms with Crippen LogP contribution in [0.3, 0.4) is 0 Å². The van der Waals surface area contributed by atoms with Crippen LogP contribution in [0.1, 0.15) is 43.7 Å². The fourth-order valence-electron chi connectivity index (χ4n) is 4.13. The molecule has 29 heavy (non-hydrogen) atoms. The van der Waals surface area contributed by atoms with Gasteiger partial charge in [-0.1, -0.05) is 25.0 Å². The Balaban J connectivity index is 1.46. The second kappa shape index (κ2) is 8.14. The van der Waals surface area contributed by atoms with Crippen molar-refractivity contribution in [2.75, 3.05) is 0 Å². The summed E-state index contributed by atoms with van der Waals surface area (Å²) >= 11 is 0. The van der Waals surface area contributed by atoms with Crippen LogP contribution in [-0.2, 0) is 18.4 Å². The molecule has 1 amide bonds. The predicted octanol–water partition coefficient (Wildman–Crippen LogP) is 2.71. The summed E-state index contributed by atoms with van der Waals surface area (Å²) in [5, 5.41) is 7.60. The van der Waals surface area contributed by atoms with Gasteiger partial charge in [-0.2, -0.15) is 5.10 Å². The highest BCUT2D eigenvalue weighted by molar-refractivity contribution is 5.76. The van der Waals surface area contributed by atoms with Gasteiger partial charge in [0.1, 0.15) is 11.2 Å². The first-order chi connectivity index (χ1) is 14.0. The number of nitrogens with one attached hydrogen (secondary N) is 1. The molecular weight excluding hydrogens is 373 g/mol. The van der Waals surface area contributed by atoms with E-state index in [0.29, 0.717) is 17.0 Å². The number of rotatable bonds is 6. The van der Waals surface area contributed by atoms with E-state index in [1.54, 1.807) is 23.9 Å². The first-order valence-corrected chi connectivity index (χ1v) is 9.95. The Morgan fingerprint density at radius 2 is 2.00 bits per heavy atom. The SMILES string of the molecule is Cn1ncc2c(=O)n(CCC(=O)NC(c3ccc(F)cc3)C3CCCC3)cnc21. The minimum absolute atomic E-state index is 0.135. The summed E-state index contributed by atoms with van der Waals surface area (Å²) in [5.41, 5.74) is 1.23. The lowest BCUT2D eigenvalue weighted by Gasteiger charge is -2.25. The van der Waals surface area contributed by atoms with Gasteiger partial charge in [0.05, 0.1) is 18.6 Å². The third-order valence-electron chi connectivity index (χ3n) is 5.71. The lowest BCUT2D eigenvalue weighted by atomic mass is 9.91. The molecule has 8 heteroatoms. The van der Waals surface area contributed by atoms with Crippen LogP contribution in [-0.4, -0.2) is 25.2 Å². The zero-order chi connectivity index (χ0) is 20.4. The van der Waals surface area contributed by atoms with Gasteiger partial charge in [-0.25, -0.2) is 9.37 Å². The van der Waals surface area contributed by atoms with Gasteiger partial charge in [0, 0.05) is 20.0 Å². The van der Waals surface area contributed by atoms with Crippen LogP contribution in [0, 0.1) is 11.7 Å². The Labute approximate surface area is 167 Å². The molecule has 4 rings (SSSR count). The van der Waals surface area contributed by atoms with Crippen molar-refractivity contribution in [1.82, 2.24) is 24.6 Å². The van der Waals surface area contributed by atoms with E-state index in [1.807, 2.05) is 0 Å². The van der Waals surface area contributed by atoms with E-state index in [-0.39, 0.29) is 36.3 Å². The van der Waals surface area contributed by atoms with Crippen molar-refractivity contribution in [1.29, 1.82) is 0 Å². The largest absolute Gasteiger partial charge is 0.349 e. The van der Waals surface area contributed by atoms with Gasteiger partial charge in [-0.15, -0.1) is 0 Å². The summed E-state index contributed by atoms with van der Waals surface area (Å²) in [6.45, 7) is 0.239. The van der Waals surface area contributed by atoms with Crippen LogP contribution in [0.15, 0.2) is 41.6 Å². The van der Waals surface area contributed by atoms with E-state index in [2.05, 4.69) is 15.4 Å². The van der Waals surface area contributed by atoms with Crippen LogP contribution in [0.5, 0.6) is 0 Å². The molecular formula is C21H24FN5O2. The summed E-state index contributed by atoms with van der Waals surface area (Å²) in [7, 11) is 1.73. The fourth-order valence-corrected chi connectivity index (χ4v) is 4.13. The van der Waals surface area contributed by atoms with Crippen LogP contribution < -0.4 is 10.9 Å². The molecule has 0 bridgehead atoms. The number of halogens is 1. The number of hydrogen-bond donors (Lipinski definition) is 1. The second-order valence-electron chi connectivity index (χ2n) is 7.64. The highest BCUT2D eigenvalue weighted by Crippen LogP contribution is 2.35. The quantitative estimate of drug-likeness (QED) is 0.693. The highest BCUT2D eigenvalue weighted by Gasteiger charge is 2.27. The predicted molar refractivity (Wildman–Crippen MR) is 107 cm³/mol. The molecule has 1 fully saturated rings. The van der Waals surface area contributed by atoms with Gasteiger partial charge in [0.25, 0.3) is 5.56 Å². The molecule has 152 valence electrons. The Morgan fingerprint density at radius 3 is 2.72 bits per heavy atom. The number of nitrogens with zero attached hydrogens (tertiary/aromatic N) is 4. The molecule has 2 aromatic heterocycles. The average molecular weight is 397 g/mol. The molecule has 1 unspecified atom stereocenters. The number of hydrogen-bond acceptors (Lipinski definition) is 4. The lowest BCUT2D eigenvalue weighted by molar-refractivity contribution is -0.122. The minimum Gasteiger partial charge on any atom is -0.349 e. The fraction of sp³-hybridized carbons (Fsp3) is 0.429. The molecule has 0 saturated heterocycles. The maximum absolute atomic E-state index is 13.3. The van der Waals surface area contributed by atoms with E-state index in [4.69, 9.17) is 0 Å². The molecule has 0 aliphatic heterocycles. The van der Waals surface area contributed by atoms with Crippen LogP contribution in [0.25, 0.3) is 11.0 Å². The summed E-state index contributed by atoms with van der Waals surface area (Å²) in [6.07, 6.45) is 7.49. The molecule has 7 nitrogen and oxygen atoms in total. The third kappa shape index (κ3) is 4.06. The van der Waals surface area contributed by atoms with Crippen LogP contribution in [0.2, 0.25) is 0 Å². The van der Waals surface area contributed by atoms with E-state index < -0.39 is 0 Å². The minimum atomic E-state index is -0.289. The van der Waals surface area contributed by atoms with Crippen molar-refractivity contribution in [2.24, 2.45) is 13.0 Å². The monoisotopic (exact) mass is 397 g/mol. The zero-order valence-electron chi connectivity index (χ0n) is 16.3. The highest BCUT2D eigenvalue weighted by atomic mass is 19.1. The molecule has 1 N–H and O–H groups in total. The smallest absolute Gasteiger partial charge is 0.264 e. The molecule has 2 heterocycles. The van der Waals surface area contributed by atoms with Gasteiger partial charge in [0.15, 0.2) is 5.65 Å². The number of carbonyl (C=O) groups is 1. The second-order valence-corrected chi connectivity index (χ2v) is 7.64. The third-order valence-corrected chi connectivity index (χ3v) is 5.71. The number of fused-ring (bicyclic) bond motifs is 1. The molecule has 1 saturated carbocycles. The van der Waals surface area contributed by atoms with Crippen molar-refractivity contribution in [3.63, 3.8) is 0 Å². The molecule has 0 radical (unpaired) electrons. The van der Waals surface area contributed by atoms with Gasteiger partial charge in [-0.05, 0) is 36.5 Å². The number of benzene rings is 1. The van der Waals surface area contributed by atoms with Gasteiger partial charge in [0.2, 0.25) is 5.91 Å². The Morgan fingerprint density at radius 1 is 1.28 bits per heavy atom. The summed E-state index contributed by atoms with van der Waals surface area (Å²) in [6, 6.07) is 6.20. The summed E-state index contributed by atoms with van der Waals surface area (Å²) in [4.78, 5) is 29.5. The normalized spacial score (nSPS) is 15.7. The van der Waals surface area contributed by atoms with Gasteiger partial charge >= 0.3 is 0 Å². The Bertz CT molecular complexity index is 1070. The number of aromatic nitrogens is 4. The van der Waals surface area contributed by atoms with E-state index in [1.165, 1.54) is 29.2 Å². The lowest BCUT2D eigenvalue weighted by Crippen LogP contribution is -2.34. The van der Waals surface area contributed by atoms with Crippen molar-refractivity contribution in [3.05, 3.63) is 58.5 Å². The van der Waals surface area contributed by atoms with Gasteiger partial charge < -0.3 is 5.32 Å². The molecule has 3 aromatic rings. The molecule has 0 spiro atoms. The summed E-state index contributed by atoms with van der Waals surface area (Å²) in [5.74, 6) is -0.0760. The van der Waals surface area contributed by atoms with E-state index >= 15 is 0 Å². The number of carbonyl (C=O) groups excluding carboxylic acids is 1. The maximum Gasteiger partial charge on any atom is 0.264 e. The standard InChI is InChI=1S/C21H24FN5O2/c1-26-20-17(12-24-26)21(29)27(13-23-20)11-10-18(28)25-19(14-4-2-3-5-14)15-6-8-16(22)9-7-15/h6-9,12-14,19H,2-5,10-11H2,1H3,(H,25,28).